The summed E-state index contributed by atoms with van der Waals surface area (Å²) in [6, 6.07) is 3.48. The molecule has 0 unspecified atom stereocenters. The Bertz CT molecular complexity index is 1240. The molecule has 0 aliphatic heterocycles. The fourth-order valence-electron chi connectivity index (χ4n) is 3.17. The number of fused-ring (bicyclic) bond motifs is 1. The van der Waals surface area contributed by atoms with Crippen molar-refractivity contribution in [3.8, 4) is 5.69 Å². The van der Waals surface area contributed by atoms with Gasteiger partial charge in [-0.1, -0.05) is 0 Å². The van der Waals surface area contributed by atoms with Crippen molar-refractivity contribution in [1.82, 2.24) is 13.7 Å². The molecule has 11 heteroatoms. The molecule has 1 aromatic carbocycles. The lowest BCUT2D eigenvalue weighted by molar-refractivity contribution is -0.143. The summed E-state index contributed by atoms with van der Waals surface area (Å²) in [5, 5.41) is 0. The van der Waals surface area contributed by atoms with E-state index in [-0.39, 0.29) is 29.9 Å². The normalized spacial score (nSPS) is 11.8. The number of alkyl halides is 3. The lowest BCUT2D eigenvalue weighted by Gasteiger charge is -2.18. The first-order chi connectivity index (χ1) is 14.1. The summed E-state index contributed by atoms with van der Waals surface area (Å²) in [4.78, 5) is 36.7. The monoisotopic (exact) mass is 424 g/mol. The molecule has 8 nitrogen and oxygen atoms in total. The van der Waals surface area contributed by atoms with Crippen LogP contribution in [0.5, 0.6) is 0 Å². The van der Waals surface area contributed by atoms with Crippen LogP contribution < -0.4 is 16.9 Å². The minimum Gasteiger partial charge on any atom is -0.465 e. The maximum Gasteiger partial charge on any atom is 0.418 e. The van der Waals surface area contributed by atoms with E-state index in [1.54, 1.807) is 13.0 Å². The average molecular weight is 424 g/mol. The van der Waals surface area contributed by atoms with Crippen molar-refractivity contribution in [2.45, 2.75) is 26.2 Å². The van der Waals surface area contributed by atoms with Crippen LogP contribution in [-0.4, -0.2) is 26.3 Å². The predicted octanol–water partition coefficient (Wildman–Crippen LogP) is 1.53. The standard InChI is InChI=1S/C19H19F3N4O4/c1-3-30-16(27)10-26-15-7-13(25-5-4-11(8-23)9-25)12(19(20,21)22)6-14(15)24(2)17(28)18(26)29/h4-7,9H,3,8,10,23H2,1-2H3. The van der Waals surface area contributed by atoms with Crippen molar-refractivity contribution in [1.29, 1.82) is 0 Å². The van der Waals surface area contributed by atoms with Crippen molar-refractivity contribution in [2.24, 2.45) is 12.8 Å². The molecule has 2 aromatic heterocycles. The summed E-state index contributed by atoms with van der Waals surface area (Å²) in [6.07, 6.45) is -1.89. The molecule has 0 saturated heterocycles. The van der Waals surface area contributed by atoms with Gasteiger partial charge in [0.25, 0.3) is 0 Å². The van der Waals surface area contributed by atoms with Gasteiger partial charge in [0.05, 0.1) is 28.9 Å². The van der Waals surface area contributed by atoms with Gasteiger partial charge >= 0.3 is 23.3 Å². The van der Waals surface area contributed by atoms with Crippen LogP contribution in [0, 0.1) is 0 Å². The molecule has 2 heterocycles. The third-order valence-electron chi connectivity index (χ3n) is 4.64. The molecule has 0 amide bonds. The first-order valence-electron chi connectivity index (χ1n) is 8.96. The molecule has 0 aliphatic rings. The molecule has 0 fully saturated rings. The fourth-order valence-corrected chi connectivity index (χ4v) is 3.17. The number of aromatic nitrogens is 3. The van der Waals surface area contributed by atoms with Gasteiger partial charge in [-0.25, -0.2) is 0 Å². The Morgan fingerprint density at radius 1 is 1.17 bits per heavy atom. The maximum atomic E-state index is 13.8. The Balaban J connectivity index is 2.40. The zero-order valence-corrected chi connectivity index (χ0v) is 16.2. The quantitative estimate of drug-likeness (QED) is 0.495. The largest absolute Gasteiger partial charge is 0.465 e. The topological polar surface area (TPSA) is 101 Å². The van der Waals surface area contributed by atoms with E-state index >= 15 is 0 Å². The third kappa shape index (κ3) is 3.75. The summed E-state index contributed by atoms with van der Waals surface area (Å²) in [6.45, 7) is 1.14. The number of nitrogens with two attached hydrogens (primary N) is 1. The van der Waals surface area contributed by atoms with Gasteiger partial charge in [-0.15, -0.1) is 0 Å². The highest BCUT2D eigenvalue weighted by Gasteiger charge is 2.35. The molecule has 0 saturated carbocycles. The van der Waals surface area contributed by atoms with Crippen LogP contribution >= 0.6 is 0 Å². The van der Waals surface area contributed by atoms with Crippen LogP contribution in [0.4, 0.5) is 13.2 Å². The second-order valence-corrected chi connectivity index (χ2v) is 6.55. The van der Waals surface area contributed by atoms with Crippen LogP contribution in [0.25, 0.3) is 16.7 Å². The van der Waals surface area contributed by atoms with Gasteiger partial charge in [-0.05, 0) is 30.7 Å². The SMILES string of the molecule is CCOC(=O)Cn1c(=O)c(=O)n(C)c2cc(C(F)(F)F)c(-n3ccc(CN)c3)cc21. The Kier molecular flexibility index (Phi) is 5.57. The number of nitrogens with zero attached hydrogens (tertiary/aromatic N) is 3. The molecule has 0 radical (unpaired) electrons. The number of carbonyl (C=O) groups excluding carboxylic acids is 1. The zero-order chi connectivity index (χ0) is 22.2. The lowest BCUT2D eigenvalue weighted by Crippen LogP contribution is -2.42. The number of halogens is 3. The zero-order valence-electron chi connectivity index (χ0n) is 16.2. The molecule has 30 heavy (non-hydrogen) atoms. The smallest absolute Gasteiger partial charge is 0.418 e. The average Bonchev–Trinajstić information content (AvgIpc) is 3.17. The number of ether oxygens (including phenoxy) is 1. The molecule has 3 rings (SSSR count). The van der Waals surface area contributed by atoms with E-state index in [0.29, 0.717) is 5.56 Å². The second kappa shape index (κ2) is 7.82. The van der Waals surface area contributed by atoms with Crippen LogP contribution in [-0.2, 0) is 35.8 Å². The Morgan fingerprint density at radius 2 is 1.87 bits per heavy atom. The molecule has 0 spiro atoms. The molecular weight excluding hydrogens is 405 g/mol. The Hall–Kier alpha value is -3.34. The molecule has 3 aromatic rings. The molecule has 0 aliphatic carbocycles. The molecular formula is C19H19F3N4O4. The summed E-state index contributed by atoms with van der Waals surface area (Å²) >= 11 is 0. The van der Waals surface area contributed by atoms with Crippen LogP contribution in [0.15, 0.2) is 40.2 Å². The first-order valence-corrected chi connectivity index (χ1v) is 8.96. The highest BCUT2D eigenvalue weighted by Crippen LogP contribution is 2.36. The van der Waals surface area contributed by atoms with Crippen LogP contribution in [0.3, 0.4) is 0 Å². The number of aryl methyl sites for hydroxylation is 1. The van der Waals surface area contributed by atoms with Crippen molar-refractivity contribution >= 4 is 17.0 Å². The second-order valence-electron chi connectivity index (χ2n) is 6.55. The van der Waals surface area contributed by atoms with Crippen molar-refractivity contribution in [3.05, 3.63) is 62.4 Å². The summed E-state index contributed by atoms with van der Waals surface area (Å²) in [5.41, 5.74) is 2.61. The number of hydrogen-bond donors (Lipinski definition) is 1. The Morgan fingerprint density at radius 3 is 2.43 bits per heavy atom. The van der Waals surface area contributed by atoms with Gasteiger partial charge < -0.3 is 19.6 Å². The minimum atomic E-state index is -4.74. The van der Waals surface area contributed by atoms with Crippen LogP contribution in [0.1, 0.15) is 18.1 Å². The summed E-state index contributed by atoms with van der Waals surface area (Å²) < 4.78 is 49.1. The lowest BCUT2D eigenvalue weighted by atomic mass is 10.1. The molecule has 160 valence electrons. The first kappa shape index (κ1) is 21.4. The summed E-state index contributed by atoms with van der Waals surface area (Å²) in [7, 11) is 1.20. The number of carbonyl (C=O) groups is 1. The molecule has 0 atom stereocenters. The van der Waals surface area contributed by atoms with Crippen molar-refractivity contribution in [2.75, 3.05) is 6.61 Å². The number of hydrogen-bond acceptors (Lipinski definition) is 5. The summed E-state index contributed by atoms with van der Waals surface area (Å²) in [5.74, 6) is -0.790. The van der Waals surface area contributed by atoms with E-state index in [1.807, 2.05) is 0 Å². The number of rotatable bonds is 5. The minimum absolute atomic E-state index is 0.0128. The number of esters is 1. The Labute approximate surface area is 167 Å². The van der Waals surface area contributed by atoms with E-state index in [0.717, 1.165) is 21.3 Å². The van der Waals surface area contributed by atoms with E-state index in [9.17, 15) is 27.6 Å². The molecule has 2 N–H and O–H groups in total. The van der Waals surface area contributed by atoms with E-state index in [2.05, 4.69) is 0 Å². The predicted molar refractivity (Wildman–Crippen MR) is 102 cm³/mol. The highest BCUT2D eigenvalue weighted by molar-refractivity contribution is 5.81. The van der Waals surface area contributed by atoms with Crippen LogP contribution in [0.2, 0.25) is 0 Å². The maximum absolute atomic E-state index is 13.8. The van der Waals surface area contributed by atoms with Crippen molar-refractivity contribution < 1.29 is 22.7 Å². The fraction of sp³-hybridized carbons (Fsp3) is 0.316. The van der Waals surface area contributed by atoms with Gasteiger partial charge in [0, 0.05) is 26.0 Å². The van der Waals surface area contributed by atoms with Gasteiger partial charge in [-0.3, -0.25) is 19.0 Å². The third-order valence-corrected chi connectivity index (χ3v) is 4.64. The van der Waals surface area contributed by atoms with Gasteiger partial charge in [0.15, 0.2) is 0 Å². The van der Waals surface area contributed by atoms with Gasteiger partial charge in [-0.2, -0.15) is 13.2 Å². The number of benzene rings is 1. The van der Waals surface area contributed by atoms with E-state index in [4.69, 9.17) is 10.5 Å². The van der Waals surface area contributed by atoms with Gasteiger partial charge in [0.1, 0.15) is 6.54 Å². The van der Waals surface area contributed by atoms with Crippen molar-refractivity contribution in [3.63, 3.8) is 0 Å². The van der Waals surface area contributed by atoms with E-state index < -0.39 is 35.4 Å². The van der Waals surface area contributed by atoms with E-state index in [1.165, 1.54) is 24.0 Å². The van der Waals surface area contributed by atoms with Gasteiger partial charge in [0.2, 0.25) is 0 Å². The highest BCUT2D eigenvalue weighted by atomic mass is 19.4. The molecule has 0 bridgehead atoms.